The first-order valence-electron chi connectivity index (χ1n) is 4.14. The molecule has 0 radical (unpaired) electrons. The van der Waals surface area contributed by atoms with Crippen molar-refractivity contribution in [2.24, 2.45) is 5.41 Å². The van der Waals surface area contributed by atoms with E-state index in [0.717, 1.165) is 20.8 Å². The van der Waals surface area contributed by atoms with Gasteiger partial charge in [-0.05, 0) is 0 Å². The van der Waals surface area contributed by atoms with Crippen molar-refractivity contribution >= 4 is 0 Å². The first-order valence-corrected chi connectivity index (χ1v) is 4.14. The third-order valence-electron chi connectivity index (χ3n) is 2.43. The van der Waals surface area contributed by atoms with E-state index in [-0.39, 0.29) is 0 Å². The molecular weight excluding hydrogens is 226 g/mol. The second-order valence-corrected chi connectivity index (χ2v) is 4.48. The van der Waals surface area contributed by atoms with Gasteiger partial charge in [-0.2, -0.15) is 17.6 Å². The molecular formula is C8H10F6O. The Balaban J connectivity index is 3.36. The molecule has 1 fully saturated rings. The predicted molar refractivity (Wildman–Crippen MR) is 39.2 cm³/mol. The number of ether oxygens (including phenoxy) is 1. The minimum atomic E-state index is -4.88. The van der Waals surface area contributed by atoms with Crippen LogP contribution in [0.5, 0.6) is 0 Å². The van der Waals surface area contributed by atoms with Crippen molar-refractivity contribution in [2.45, 2.75) is 44.8 Å². The first-order chi connectivity index (χ1) is 6.38. The minimum Gasteiger partial charge on any atom is -0.276 e. The van der Waals surface area contributed by atoms with Gasteiger partial charge >= 0.3 is 12.0 Å². The van der Waals surface area contributed by atoms with Gasteiger partial charge in [-0.3, -0.25) is 4.74 Å². The van der Waals surface area contributed by atoms with E-state index in [1.54, 1.807) is 0 Å². The smallest absolute Gasteiger partial charge is 0.276 e. The van der Waals surface area contributed by atoms with Crippen LogP contribution in [0.2, 0.25) is 0 Å². The second kappa shape index (κ2) is 2.81. The van der Waals surface area contributed by atoms with Crippen LogP contribution in [0.1, 0.15) is 20.8 Å². The van der Waals surface area contributed by atoms with E-state index in [2.05, 4.69) is 4.74 Å². The summed E-state index contributed by atoms with van der Waals surface area (Å²) in [6, 6.07) is 0. The average molecular weight is 236 g/mol. The summed E-state index contributed by atoms with van der Waals surface area (Å²) < 4.78 is 81.3. The van der Waals surface area contributed by atoms with Gasteiger partial charge < -0.3 is 0 Å². The zero-order valence-corrected chi connectivity index (χ0v) is 8.25. The number of alkyl halides is 6. The quantitative estimate of drug-likeness (QED) is 0.586. The SMILES string of the molecule is CC(C)(C)C1(F)C(F)(F)OC(F)C1(F)F. The molecule has 7 heteroatoms. The van der Waals surface area contributed by atoms with Crippen LogP contribution in [-0.4, -0.2) is 24.1 Å². The molecule has 15 heavy (non-hydrogen) atoms. The third-order valence-corrected chi connectivity index (χ3v) is 2.43. The predicted octanol–water partition coefficient (Wildman–Crippen LogP) is 3.29. The number of hydrogen-bond acceptors (Lipinski definition) is 1. The highest BCUT2D eigenvalue weighted by Gasteiger charge is 2.85. The maximum Gasteiger partial charge on any atom is 0.399 e. The minimum absolute atomic E-state index is 0.830. The van der Waals surface area contributed by atoms with Gasteiger partial charge in [-0.25, -0.2) is 8.78 Å². The molecule has 2 unspecified atom stereocenters. The normalized spacial score (nSPS) is 39.4. The highest BCUT2D eigenvalue weighted by molar-refractivity contribution is 5.13. The first kappa shape index (κ1) is 12.6. The summed E-state index contributed by atoms with van der Waals surface area (Å²) >= 11 is 0. The maximum atomic E-state index is 13.8. The fourth-order valence-corrected chi connectivity index (χ4v) is 1.57. The molecule has 0 spiro atoms. The Bertz CT molecular complexity index is 271. The molecule has 0 bridgehead atoms. The van der Waals surface area contributed by atoms with E-state index in [0.29, 0.717) is 0 Å². The zero-order chi connectivity index (χ0) is 12.3. The Labute approximate surface area is 82.4 Å². The van der Waals surface area contributed by atoms with Gasteiger partial charge in [0, 0.05) is 5.41 Å². The fourth-order valence-electron chi connectivity index (χ4n) is 1.57. The Hall–Kier alpha value is -0.460. The highest BCUT2D eigenvalue weighted by Crippen LogP contribution is 2.61. The van der Waals surface area contributed by atoms with Crippen LogP contribution >= 0.6 is 0 Å². The van der Waals surface area contributed by atoms with E-state index >= 15 is 0 Å². The molecule has 1 nitrogen and oxygen atoms in total. The summed E-state index contributed by atoms with van der Waals surface area (Å²) in [4.78, 5) is 0. The van der Waals surface area contributed by atoms with Crippen molar-refractivity contribution in [1.82, 2.24) is 0 Å². The van der Waals surface area contributed by atoms with Crippen LogP contribution in [0, 0.1) is 5.41 Å². The molecule has 1 aliphatic rings. The van der Waals surface area contributed by atoms with Crippen molar-refractivity contribution in [2.75, 3.05) is 0 Å². The monoisotopic (exact) mass is 236 g/mol. The van der Waals surface area contributed by atoms with Gasteiger partial charge in [0.25, 0.3) is 12.0 Å². The lowest BCUT2D eigenvalue weighted by Crippen LogP contribution is -2.60. The average Bonchev–Trinajstić information content (AvgIpc) is 2.08. The van der Waals surface area contributed by atoms with E-state index < -0.39 is 29.5 Å². The zero-order valence-electron chi connectivity index (χ0n) is 8.25. The van der Waals surface area contributed by atoms with Crippen LogP contribution in [0.15, 0.2) is 0 Å². The lowest BCUT2D eigenvalue weighted by molar-refractivity contribution is -0.313. The van der Waals surface area contributed by atoms with Crippen molar-refractivity contribution in [1.29, 1.82) is 0 Å². The summed E-state index contributed by atoms with van der Waals surface area (Å²) in [5.41, 5.74) is -6.53. The highest BCUT2D eigenvalue weighted by atomic mass is 19.3. The molecule has 1 heterocycles. The summed E-state index contributed by atoms with van der Waals surface area (Å²) in [7, 11) is 0. The fraction of sp³-hybridized carbons (Fsp3) is 1.00. The second-order valence-electron chi connectivity index (χ2n) is 4.48. The lowest BCUT2D eigenvalue weighted by Gasteiger charge is -2.39. The molecule has 1 aliphatic heterocycles. The van der Waals surface area contributed by atoms with E-state index in [4.69, 9.17) is 0 Å². The number of rotatable bonds is 0. The van der Waals surface area contributed by atoms with Crippen molar-refractivity contribution in [3.05, 3.63) is 0 Å². The largest absolute Gasteiger partial charge is 0.399 e. The summed E-state index contributed by atoms with van der Waals surface area (Å²) in [5.74, 6) is -4.88. The number of halogens is 6. The van der Waals surface area contributed by atoms with Gasteiger partial charge in [0.2, 0.25) is 0 Å². The Morgan fingerprint density at radius 2 is 1.40 bits per heavy atom. The molecule has 0 saturated carbocycles. The van der Waals surface area contributed by atoms with Gasteiger partial charge in [0.1, 0.15) is 0 Å². The van der Waals surface area contributed by atoms with Crippen molar-refractivity contribution in [3.8, 4) is 0 Å². The molecule has 1 saturated heterocycles. The Morgan fingerprint density at radius 3 is 1.53 bits per heavy atom. The maximum absolute atomic E-state index is 13.8. The molecule has 0 aromatic rings. The summed E-state index contributed by atoms with van der Waals surface area (Å²) in [6.07, 6.45) is -8.49. The lowest BCUT2D eigenvalue weighted by atomic mass is 9.74. The van der Waals surface area contributed by atoms with Crippen LogP contribution < -0.4 is 0 Å². The summed E-state index contributed by atoms with van der Waals surface area (Å²) in [6.45, 7) is 2.49. The topological polar surface area (TPSA) is 9.23 Å². The molecule has 0 aliphatic carbocycles. The Kier molecular flexibility index (Phi) is 2.36. The van der Waals surface area contributed by atoms with Gasteiger partial charge in [0.15, 0.2) is 0 Å². The third kappa shape index (κ3) is 1.28. The van der Waals surface area contributed by atoms with Crippen LogP contribution in [0.4, 0.5) is 26.3 Å². The molecule has 1 rings (SSSR count). The molecule has 0 aromatic carbocycles. The number of hydrogen-bond donors (Lipinski definition) is 0. The van der Waals surface area contributed by atoms with E-state index in [1.807, 2.05) is 0 Å². The van der Waals surface area contributed by atoms with Gasteiger partial charge in [-0.1, -0.05) is 20.8 Å². The molecule has 90 valence electrons. The van der Waals surface area contributed by atoms with E-state index in [1.165, 1.54) is 0 Å². The van der Waals surface area contributed by atoms with Crippen LogP contribution in [-0.2, 0) is 4.74 Å². The van der Waals surface area contributed by atoms with Crippen LogP contribution in [0.3, 0.4) is 0 Å². The van der Waals surface area contributed by atoms with Crippen molar-refractivity contribution in [3.63, 3.8) is 0 Å². The molecule has 0 aromatic heterocycles. The van der Waals surface area contributed by atoms with Crippen molar-refractivity contribution < 1.29 is 31.1 Å². The van der Waals surface area contributed by atoms with Gasteiger partial charge in [0.05, 0.1) is 0 Å². The molecule has 0 N–H and O–H groups in total. The summed E-state index contributed by atoms with van der Waals surface area (Å²) in [5, 5.41) is 0. The molecule has 0 amide bonds. The molecule has 2 atom stereocenters. The van der Waals surface area contributed by atoms with Gasteiger partial charge in [-0.15, -0.1) is 0 Å². The Morgan fingerprint density at radius 1 is 1.00 bits per heavy atom. The standard InChI is InChI=1S/C8H10F6O/c1-5(2,3)7(12)6(10,11)4(9)15-8(7,13)14/h4H,1-3H3. The van der Waals surface area contributed by atoms with E-state index in [9.17, 15) is 26.3 Å². The van der Waals surface area contributed by atoms with Crippen LogP contribution in [0.25, 0.3) is 0 Å².